The van der Waals surface area contributed by atoms with Crippen molar-refractivity contribution in [1.29, 1.82) is 0 Å². The van der Waals surface area contributed by atoms with Crippen LogP contribution < -0.4 is 15.4 Å². The number of aliphatic imine (C=N–C) groups is 1. The van der Waals surface area contributed by atoms with Gasteiger partial charge in [0.2, 0.25) is 0 Å². The van der Waals surface area contributed by atoms with Gasteiger partial charge in [-0.25, -0.2) is 0 Å². The Labute approximate surface area is 152 Å². The molecule has 1 fully saturated rings. The predicted octanol–water partition coefficient (Wildman–Crippen LogP) is 2.89. The van der Waals surface area contributed by atoms with Crippen LogP contribution in [0.25, 0.3) is 0 Å². The highest BCUT2D eigenvalue weighted by atomic mass is 16.5. The van der Waals surface area contributed by atoms with Crippen molar-refractivity contribution in [3.63, 3.8) is 0 Å². The predicted molar refractivity (Wildman–Crippen MR) is 105 cm³/mol. The first kappa shape index (κ1) is 19.6. The number of benzene rings is 1. The highest BCUT2D eigenvalue weighted by Gasteiger charge is 2.19. The smallest absolute Gasteiger partial charge is 0.191 e. The summed E-state index contributed by atoms with van der Waals surface area (Å²) < 4.78 is 5.71. The molecule has 1 aliphatic heterocycles. The maximum Gasteiger partial charge on any atom is 0.191 e. The van der Waals surface area contributed by atoms with Gasteiger partial charge in [-0.05, 0) is 50.8 Å². The summed E-state index contributed by atoms with van der Waals surface area (Å²) in [4.78, 5) is 6.91. The van der Waals surface area contributed by atoms with Crippen LogP contribution in [-0.4, -0.2) is 56.7 Å². The van der Waals surface area contributed by atoms with Crippen LogP contribution in [0.15, 0.2) is 35.3 Å². The molecule has 0 bridgehead atoms. The molecular weight excluding hydrogens is 312 g/mol. The van der Waals surface area contributed by atoms with Crippen molar-refractivity contribution in [2.24, 2.45) is 4.99 Å². The second kappa shape index (κ2) is 11.7. The van der Waals surface area contributed by atoms with Crippen molar-refractivity contribution in [3.8, 4) is 5.75 Å². The Hall–Kier alpha value is -1.75. The molecule has 0 amide bonds. The molecule has 140 valence electrons. The first-order valence-electron chi connectivity index (χ1n) is 9.69. The van der Waals surface area contributed by atoms with Gasteiger partial charge in [0, 0.05) is 32.7 Å². The molecule has 0 radical (unpaired) electrons. The number of nitrogens with zero attached hydrogens (tertiary/aromatic N) is 2. The number of ether oxygens (including phenoxy) is 1. The van der Waals surface area contributed by atoms with Crippen LogP contribution >= 0.6 is 0 Å². The van der Waals surface area contributed by atoms with Crippen molar-refractivity contribution in [2.45, 2.75) is 45.1 Å². The fraction of sp³-hybridized carbons (Fsp3) is 0.650. The van der Waals surface area contributed by atoms with Gasteiger partial charge in [-0.2, -0.15) is 0 Å². The standard InChI is InChI=1S/C20H34N4O/c1-3-14-24-15-11-18(12-16-24)23-20(21-2)22-13-7-8-17-25-19-9-5-4-6-10-19/h4-6,9-10,18H,3,7-8,11-17H2,1-2H3,(H2,21,22,23). The molecule has 2 rings (SSSR count). The molecule has 1 heterocycles. The molecule has 0 atom stereocenters. The van der Waals surface area contributed by atoms with E-state index in [-0.39, 0.29) is 0 Å². The van der Waals surface area contributed by atoms with Crippen LogP contribution in [0.2, 0.25) is 0 Å². The number of likely N-dealkylation sites (tertiary alicyclic amines) is 1. The average Bonchev–Trinajstić information content (AvgIpc) is 2.66. The lowest BCUT2D eigenvalue weighted by atomic mass is 10.1. The Morgan fingerprint density at radius 3 is 2.64 bits per heavy atom. The van der Waals surface area contributed by atoms with Crippen LogP contribution in [0.5, 0.6) is 5.75 Å². The van der Waals surface area contributed by atoms with E-state index >= 15 is 0 Å². The summed E-state index contributed by atoms with van der Waals surface area (Å²) in [5.41, 5.74) is 0. The number of rotatable bonds is 9. The average molecular weight is 347 g/mol. The summed E-state index contributed by atoms with van der Waals surface area (Å²) >= 11 is 0. The summed E-state index contributed by atoms with van der Waals surface area (Å²) in [5.74, 6) is 1.88. The molecule has 1 saturated heterocycles. The lowest BCUT2D eigenvalue weighted by molar-refractivity contribution is 0.206. The summed E-state index contributed by atoms with van der Waals surface area (Å²) in [6.45, 7) is 7.55. The minimum atomic E-state index is 0.542. The summed E-state index contributed by atoms with van der Waals surface area (Å²) in [5, 5.41) is 6.99. The normalized spacial score (nSPS) is 16.6. The van der Waals surface area contributed by atoms with Crippen molar-refractivity contribution in [2.75, 3.05) is 39.8 Å². The Morgan fingerprint density at radius 2 is 1.96 bits per heavy atom. The third kappa shape index (κ3) is 7.78. The molecule has 0 aromatic heterocycles. The van der Waals surface area contributed by atoms with Gasteiger partial charge in [0.1, 0.15) is 5.75 Å². The zero-order chi connectivity index (χ0) is 17.7. The molecule has 0 saturated carbocycles. The number of hydrogen-bond acceptors (Lipinski definition) is 3. The van der Waals surface area contributed by atoms with E-state index < -0.39 is 0 Å². The fourth-order valence-electron chi connectivity index (χ4n) is 3.15. The van der Waals surface area contributed by atoms with E-state index in [1.54, 1.807) is 0 Å². The molecule has 5 heteroatoms. The first-order valence-corrected chi connectivity index (χ1v) is 9.69. The van der Waals surface area contributed by atoms with Crippen molar-refractivity contribution in [3.05, 3.63) is 30.3 Å². The van der Waals surface area contributed by atoms with Crippen molar-refractivity contribution in [1.82, 2.24) is 15.5 Å². The Bertz CT molecular complexity index is 484. The topological polar surface area (TPSA) is 48.9 Å². The summed E-state index contributed by atoms with van der Waals surface area (Å²) in [6.07, 6.45) is 5.75. The number of guanidine groups is 1. The number of hydrogen-bond donors (Lipinski definition) is 2. The van der Waals surface area contributed by atoms with Gasteiger partial charge in [0.05, 0.1) is 6.61 Å². The van der Waals surface area contributed by atoms with Gasteiger partial charge in [0.15, 0.2) is 5.96 Å². The molecule has 1 aliphatic rings. The lowest BCUT2D eigenvalue weighted by Crippen LogP contribution is -2.48. The highest BCUT2D eigenvalue weighted by Crippen LogP contribution is 2.10. The summed E-state index contributed by atoms with van der Waals surface area (Å²) in [7, 11) is 1.85. The van der Waals surface area contributed by atoms with Gasteiger partial charge in [0.25, 0.3) is 0 Å². The fourth-order valence-corrected chi connectivity index (χ4v) is 3.15. The van der Waals surface area contributed by atoms with E-state index in [1.807, 2.05) is 37.4 Å². The Balaban J connectivity index is 1.53. The lowest BCUT2D eigenvalue weighted by Gasteiger charge is -2.32. The highest BCUT2D eigenvalue weighted by molar-refractivity contribution is 5.79. The number of unbranched alkanes of at least 4 members (excludes halogenated alkanes) is 1. The SMILES string of the molecule is CCCN1CCC(NC(=NC)NCCCCOc2ccccc2)CC1. The molecule has 25 heavy (non-hydrogen) atoms. The quantitative estimate of drug-likeness (QED) is 0.410. The van der Waals surface area contributed by atoms with Gasteiger partial charge in [-0.1, -0.05) is 25.1 Å². The van der Waals surface area contributed by atoms with E-state index in [0.717, 1.165) is 37.7 Å². The van der Waals surface area contributed by atoms with Crippen molar-refractivity contribution < 1.29 is 4.74 Å². The second-order valence-corrected chi connectivity index (χ2v) is 6.63. The zero-order valence-corrected chi connectivity index (χ0v) is 15.8. The molecule has 2 N–H and O–H groups in total. The van der Waals surface area contributed by atoms with E-state index in [4.69, 9.17) is 4.74 Å². The zero-order valence-electron chi connectivity index (χ0n) is 15.8. The minimum Gasteiger partial charge on any atom is -0.494 e. The van der Waals surface area contributed by atoms with Crippen LogP contribution in [0.1, 0.15) is 39.0 Å². The molecule has 0 spiro atoms. The van der Waals surface area contributed by atoms with Gasteiger partial charge in [-0.15, -0.1) is 0 Å². The number of para-hydroxylation sites is 1. The molecule has 0 unspecified atom stereocenters. The minimum absolute atomic E-state index is 0.542. The van der Waals surface area contributed by atoms with Gasteiger partial charge in [-0.3, -0.25) is 4.99 Å². The first-order chi connectivity index (χ1) is 12.3. The molecule has 1 aromatic rings. The van der Waals surface area contributed by atoms with E-state index in [2.05, 4.69) is 27.4 Å². The van der Waals surface area contributed by atoms with Crippen LogP contribution in [0, 0.1) is 0 Å². The maximum atomic E-state index is 5.71. The monoisotopic (exact) mass is 346 g/mol. The third-order valence-electron chi connectivity index (χ3n) is 4.57. The number of piperidine rings is 1. The summed E-state index contributed by atoms with van der Waals surface area (Å²) in [6, 6.07) is 10.5. The maximum absolute atomic E-state index is 5.71. The molecular formula is C20H34N4O. The number of nitrogens with one attached hydrogen (secondary N) is 2. The van der Waals surface area contributed by atoms with E-state index in [0.29, 0.717) is 6.04 Å². The van der Waals surface area contributed by atoms with Crippen molar-refractivity contribution >= 4 is 5.96 Å². The Morgan fingerprint density at radius 1 is 1.20 bits per heavy atom. The molecule has 5 nitrogen and oxygen atoms in total. The van der Waals surface area contributed by atoms with Gasteiger partial charge < -0.3 is 20.3 Å². The van der Waals surface area contributed by atoms with Gasteiger partial charge >= 0.3 is 0 Å². The molecule has 0 aliphatic carbocycles. The second-order valence-electron chi connectivity index (χ2n) is 6.63. The van der Waals surface area contributed by atoms with Crippen LogP contribution in [0.3, 0.4) is 0 Å². The van der Waals surface area contributed by atoms with Crippen LogP contribution in [0.4, 0.5) is 0 Å². The third-order valence-corrected chi connectivity index (χ3v) is 4.57. The van der Waals surface area contributed by atoms with E-state index in [9.17, 15) is 0 Å². The molecule has 1 aromatic carbocycles. The van der Waals surface area contributed by atoms with E-state index in [1.165, 1.54) is 38.9 Å². The van der Waals surface area contributed by atoms with Crippen LogP contribution in [-0.2, 0) is 0 Å². The Kier molecular flexibility index (Phi) is 9.19. The largest absolute Gasteiger partial charge is 0.494 e.